The van der Waals surface area contributed by atoms with Crippen LogP contribution < -0.4 is 70.8 Å². The van der Waals surface area contributed by atoms with Crippen LogP contribution in [0.3, 0.4) is 0 Å². The molecule has 0 bridgehead atoms. The molecule has 548 valence electrons. The van der Waals surface area contributed by atoms with Crippen molar-refractivity contribution in [1.29, 1.82) is 0 Å². The number of carboxylic acid groups (broad SMARTS) is 1. The van der Waals surface area contributed by atoms with Gasteiger partial charge in [0.05, 0.1) is 25.5 Å². The number of likely N-dealkylation sites (tertiary alicyclic amines) is 1. The molecular weight excluding hydrogens is 1300 g/mol. The number of rotatable bonds is 45. The Labute approximate surface area is 579 Å². The van der Waals surface area contributed by atoms with Crippen LogP contribution in [0.25, 0.3) is 10.9 Å². The molecule has 1 aliphatic rings. The Morgan fingerprint density at radius 3 is 1.87 bits per heavy atom. The number of hydrogen-bond donors (Lipinski definition) is 18. The molecule has 0 radical (unpaired) electrons. The highest BCUT2D eigenvalue weighted by Crippen LogP contribution is 2.22. The Bertz CT molecular complexity index is 3400. The highest BCUT2D eigenvalue weighted by Gasteiger charge is 2.39. The topological polar surface area (TPSA) is 538 Å². The van der Waals surface area contributed by atoms with Crippen molar-refractivity contribution < 1.29 is 72.9 Å². The van der Waals surface area contributed by atoms with E-state index in [0.717, 1.165) is 38.5 Å². The largest absolute Gasteiger partial charge is 0.508 e. The third kappa shape index (κ3) is 27.6. The third-order valence-corrected chi connectivity index (χ3v) is 16.8. The molecule has 5 rings (SSSR count). The van der Waals surface area contributed by atoms with Crippen molar-refractivity contribution in [1.82, 2.24) is 67.7 Å². The van der Waals surface area contributed by atoms with E-state index in [0.29, 0.717) is 47.0 Å². The number of aliphatic hydroxyl groups excluding tert-OH is 1. The number of para-hydroxylation sites is 1. The highest BCUT2D eigenvalue weighted by atomic mass is 16.4. The molecule has 100 heavy (non-hydrogen) atoms. The van der Waals surface area contributed by atoms with Gasteiger partial charge in [-0.05, 0) is 80.2 Å². The number of fused-ring (bicyclic) bond motifs is 1. The number of nitrogens with two attached hydrogens (primary N) is 4. The summed E-state index contributed by atoms with van der Waals surface area (Å²) in [6.07, 6.45) is 12.2. The van der Waals surface area contributed by atoms with Gasteiger partial charge in [0.25, 0.3) is 0 Å². The number of unbranched alkanes of at least 4 members (excludes halogenated alkanes) is 7. The Balaban J connectivity index is 1.34. The number of nitrogens with one attached hydrogen (secondary N) is 11. The monoisotopic (exact) mass is 1400 g/mol. The molecule has 2 aromatic heterocycles. The number of carbonyl (C=O) groups is 12. The van der Waals surface area contributed by atoms with E-state index < -0.39 is 145 Å². The fourth-order valence-corrected chi connectivity index (χ4v) is 11.4. The average molecular weight is 1400 g/mol. The maximum absolute atomic E-state index is 14.7. The van der Waals surface area contributed by atoms with Gasteiger partial charge in [0.15, 0.2) is 5.96 Å². The molecule has 0 spiro atoms. The number of carboxylic acids is 1. The number of hydrogen-bond acceptors (Lipinski definition) is 17. The second kappa shape index (κ2) is 41.9. The van der Waals surface area contributed by atoms with Crippen LogP contribution in [0.1, 0.15) is 140 Å². The van der Waals surface area contributed by atoms with Crippen LogP contribution in [0.5, 0.6) is 5.75 Å². The Hall–Kier alpha value is -10.2. The number of nitrogens with zero attached hydrogens (tertiary/aromatic N) is 3. The lowest BCUT2D eigenvalue weighted by atomic mass is 10.0. The molecule has 1 unspecified atom stereocenters. The summed E-state index contributed by atoms with van der Waals surface area (Å²) in [5.74, 6) is -11.2. The summed E-state index contributed by atoms with van der Waals surface area (Å²) in [6, 6.07) is 0.158. The maximum atomic E-state index is 14.7. The SMILES string of the molecule is CCCCCCCCCCC(N)C(=O)N[C@@H](CCC(N)=O)C(=O)N[C@@H](Cc1cnc[nH]1)C(=O)N[C@@H](Cc1c[nH]c2ccccc12)C(=O)N[C@@H](CO)C(=O)N[C@@H](Cc1ccc(O)cc1)C(=O)NCC(=O)N[C@@H](CC(C)C)C(=O)N[C@@H](CCCN=C(N)N)C(=O)N1CCC[C@H]1C(=O)NCC(=O)O. The number of aromatic hydroxyl groups is 1. The molecule has 0 aliphatic carbocycles. The quantitative estimate of drug-likeness (QED) is 0.0137. The van der Waals surface area contributed by atoms with E-state index in [-0.39, 0.29) is 88.5 Å². The van der Waals surface area contributed by atoms with Gasteiger partial charge in [-0.1, -0.05) is 102 Å². The van der Waals surface area contributed by atoms with Crippen molar-refractivity contribution in [2.75, 3.05) is 32.8 Å². The number of aliphatic hydroxyl groups is 1. The number of aliphatic imine (C=N–C) groups is 1. The van der Waals surface area contributed by atoms with Crippen LogP contribution in [0.15, 0.2) is 72.2 Å². The first-order chi connectivity index (χ1) is 47.8. The molecule has 33 heteroatoms. The second-order valence-electron chi connectivity index (χ2n) is 25.4. The number of aromatic amines is 2. The molecule has 9 atom stereocenters. The molecule has 1 aliphatic heterocycles. The zero-order chi connectivity index (χ0) is 73.3. The van der Waals surface area contributed by atoms with Gasteiger partial charge in [0, 0.05) is 67.8 Å². The first kappa shape index (κ1) is 80.5. The van der Waals surface area contributed by atoms with Gasteiger partial charge in [-0.2, -0.15) is 0 Å². The van der Waals surface area contributed by atoms with Gasteiger partial charge in [0.2, 0.25) is 65.0 Å². The number of amides is 11. The zero-order valence-corrected chi connectivity index (χ0v) is 57.0. The van der Waals surface area contributed by atoms with Crippen LogP contribution in [-0.2, 0) is 76.8 Å². The van der Waals surface area contributed by atoms with Crippen molar-refractivity contribution >= 4 is 87.8 Å². The van der Waals surface area contributed by atoms with Crippen LogP contribution >= 0.6 is 0 Å². The van der Waals surface area contributed by atoms with Gasteiger partial charge in [-0.3, -0.25) is 62.5 Å². The summed E-state index contributed by atoms with van der Waals surface area (Å²) < 4.78 is 0. The zero-order valence-electron chi connectivity index (χ0n) is 57.0. The summed E-state index contributed by atoms with van der Waals surface area (Å²) in [5.41, 5.74) is 24.7. The number of phenols is 1. The van der Waals surface area contributed by atoms with E-state index in [4.69, 9.17) is 28.0 Å². The summed E-state index contributed by atoms with van der Waals surface area (Å²) in [6.45, 7) is 3.34. The van der Waals surface area contributed by atoms with Gasteiger partial charge >= 0.3 is 5.97 Å². The lowest BCUT2D eigenvalue weighted by Crippen LogP contribution is -2.61. The number of guanidine groups is 1. The first-order valence-corrected chi connectivity index (χ1v) is 34.0. The Morgan fingerprint density at radius 1 is 0.640 bits per heavy atom. The number of H-pyrrole nitrogens is 2. The number of aliphatic carboxylic acids is 1. The predicted molar refractivity (Wildman–Crippen MR) is 368 cm³/mol. The third-order valence-electron chi connectivity index (χ3n) is 16.8. The van der Waals surface area contributed by atoms with Crippen LogP contribution in [0.4, 0.5) is 0 Å². The first-order valence-electron chi connectivity index (χ1n) is 34.0. The van der Waals surface area contributed by atoms with Crippen molar-refractivity contribution in [2.45, 2.75) is 197 Å². The van der Waals surface area contributed by atoms with Crippen LogP contribution in [-0.4, -0.2) is 199 Å². The summed E-state index contributed by atoms with van der Waals surface area (Å²) in [7, 11) is 0. The average Bonchev–Trinajstić information content (AvgIpc) is 1.89. The molecule has 3 heterocycles. The number of primary amides is 1. The fourth-order valence-electron chi connectivity index (χ4n) is 11.4. The number of phenolic OH excluding ortho intramolecular Hbond substituents is 1. The van der Waals surface area contributed by atoms with E-state index in [1.165, 1.54) is 48.1 Å². The van der Waals surface area contributed by atoms with Crippen LogP contribution in [0, 0.1) is 5.92 Å². The van der Waals surface area contributed by atoms with Gasteiger partial charge in [-0.25, -0.2) is 4.98 Å². The number of carbonyl (C=O) groups excluding carboxylic acids is 11. The lowest BCUT2D eigenvalue weighted by Gasteiger charge is -2.30. The second-order valence-corrected chi connectivity index (χ2v) is 25.4. The molecule has 33 nitrogen and oxygen atoms in total. The van der Waals surface area contributed by atoms with Gasteiger partial charge in [-0.15, -0.1) is 0 Å². The van der Waals surface area contributed by atoms with E-state index in [2.05, 4.69) is 74.7 Å². The number of benzene rings is 2. The van der Waals surface area contributed by atoms with Crippen molar-refractivity contribution in [3.63, 3.8) is 0 Å². The minimum atomic E-state index is -1.83. The van der Waals surface area contributed by atoms with E-state index in [1.54, 1.807) is 44.3 Å². The molecule has 4 aromatic rings. The lowest BCUT2D eigenvalue weighted by molar-refractivity contribution is -0.143. The Kier molecular flexibility index (Phi) is 33.8. The summed E-state index contributed by atoms with van der Waals surface area (Å²) in [5, 5.41) is 53.7. The Morgan fingerprint density at radius 2 is 1.24 bits per heavy atom. The summed E-state index contributed by atoms with van der Waals surface area (Å²) >= 11 is 0. The van der Waals surface area contributed by atoms with Gasteiger partial charge in [0.1, 0.15) is 60.6 Å². The molecule has 2 aromatic carbocycles. The maximum Gasteiger partial charge on any atom is 0.322 e. The van der Waals surface area contributed by atoms with E-state index in [9.17, 15) is 67.7 Å². The standard InChI is InChI=1S/C67H100N18O15/c1-4-5-6-7-8-9-10-11-17-45(68)58(92)79-47(25-26-55(69)88)60(94)83-52(32-42-34-72-38-77-42)63(97)82-51(31-41-33-74-46-18-13-12-16-44(41)46)62(96)84-53(37-86)64(98)81-50(30-40-21-23-43(87)24-22-40)59(93)75-35-56(89)78-49(29-39(2)3)61(95)80-48(19-14-27-73-67(70)71)66(100)85-28-15-20-54(85)65(99)76-36-57(90)91/h12-13,16,18,21-24,33-34,38-39,45,47-54,74,86-87H,4-11,14-15,17,19-20,25-32,35-37,68H2,1-3H3,(H2,69,88)(H,72,77)(H,75,93)(H,76,99)(H,78,89)(H,79,92)(H,80,95)(H,81,98)(H,82,97)(H,83,94)(H,84,96)(H,90,91)(H4,70,71,73)/t45?,47-,48-,49-,50-,51-,52-,53-,54-/m0/s1. The van der Waals surface area contributed by atoms with E-state index in [1.807, 2.05) is 0 Å². The molecule has 1 saturated heterocycles. The molecule has 11 amide bonds. The molecule has 0 saturated carbocycles. The summed E-state index contributed by atoms with van der Waals surface area (Å²) in [4.78, 5) is 180. The number of imidazole rings is 1. The van der Waals surface area contributed by atoms with Crippen molar-refractivity contribution in [3.05, 3.63) is 84.1 Å². The van der Waals surface area contributed by atoms with E-state index >= 15 is 0 Å². The minimum absolute atomic E-state index is 0.0192. The molecular formula is C67H100N18O15. The fraction of sp³-hybridized carbons (Fsp3) is 0.552. The highest BCUT2D eigenvalue weighted by molar-refractivity contribution is 5.99. The smallest absolute Gasteiger partial charge is 0.322 e. The molecule has 1 fully saturated rings. The molecule has 22 N–H and O–H groups in total. The van der Waals surface area contributed by atoms with Crippen molar-refractivity contribution in [3.8, 4) is 5.75 Å². The van der Waals surface area contributed by atoms with Gasteiger partial charge < -0.3 is 101 Å². The normalized spacial score (nSPS) is 15.1. The minimum Gasteiger partial charge on any atom is -0.508 e. The van der Waals surface area contributed by atoms with Crippen molar-refractivity contribution in [2.24, 2.45) is 33.8 Å². The van der Waals surface area contributed by atoms with Crippen LogP contribution in [0.2, 0.25) is 0 Å². The number of aromatic nitrogens is 3. The predicted octanol–water partition coefficient (Wildman–Crippen LogP) is -1.46.